The molecule has 3 aliphatic rings. The summed E-state index contributed by atoms with van der Waals surface area (Å²) in [4.78, 5) is 0. The second-order valence-corrected chi connectivity index (χ2v) is 9.84. The molecule has 2 N–H and O–H groups in total. The average Bonchev–Trinajstić information content (AvgIpc) is 3.26. The van der Waals surface area contributed by atoms with E-state index in [1.807, 2.05) is 9.35 Å². The Balaban J connectivity index is 1.50. The summed E-state index contributed by atoms with van der Waals surface area (Å²) in [7, 11) is 0. The van der Waals surface area contributed by atoms with Crippen molar-refractivity contribution in [2.24, 2.45) is 0 Å². The molecule has 6 unspecified atom stereocenters. The number of hydrogen-bond donors (Lipinski definition) is 2. The molecule has 2 aromatic rings. The maximum absolute atomic E-state index is 6.96. The Morgan fingerprint density at radius 2 is 1.23 bits per heavy atom. The Bertz CT molecular complexity index is 773. The molecule has 8 nitrogen and oxygen atoms in total. The van der Waals surface area contributed by atoms with E-state index in [0.717, 1.165) is 34.8 Å². The van der Waals surface area contributed by atoms with Gasteiger partial charge in [-0.15, -0.1) is 43.6 Å². The Morgan fingerprint density at radius 1 is 0.808 bits per heavy atom. The van der Waals surface area contributed by atoms with E-state index in [-0.39, 0.29) is 33.3 Å². The van der Waals surface area contributed by atoms with Crippen LogP contribution in [-0.4, -0.2) is 63.1 Å². The zero-order valence-electron chi connectivity index (χ0n) is 14.1. The number of fused-ring (bicyclic) bond motifs is 4. The number of rotatable bonds is 2. The first-order valence-corrected chi connectivity index (χ1v) is 11.3. The minimum absolute atomic E-state index is 0.0219. The average molecular weight is 433 g/mol. The third kappa shape index (κ3) is 2.38. The largest absolute Gasteiger partial charge is 0.316 e. The zero-order chi connectivity index (χ0) is 18.0. The van der Waals surface area contributed by atoms with Gasteiger partial charge in [0.05, 0.1) is 33.3 Å². The molecule has 1 aliphatic carbocycles. The minimum Gasteiger partial charge on any atom is -0.316 e. The van der Waals surface area contributed by atoms with Gasteiger partial charge in [0, 0.05) is 12.8 Å². The van der Waals surface area contributed by atoms with Gasteiger partial charge in [-0.3, -0.25) is 0 Å². The molecule has 12 heteroatoms. The summed E-state index contributed by atoms with van der Waals surface area (Å²) >= 11 is 17.2. The number of aromatic nitrogens is 6. The number of alkyl halides is 2. The highest BCUT2D eigenvalue weighted by Gasteiger charge is 2.55. The van der Waals surface area contributed by atoms with Crippen LogP contribution in [-0.2, 0) is 12.8 Å². The minimum atomic E-state index is -0.124. The molecule has 2 aromatic heterocycles. The first-order chi connectivity index (χ1) is 12.6. The van der Waals surface area contributed by atoms with Crippen molar-refractivity contribution in [3.8, 4) is 0 Å². The Kier molecular flexibility index (Phi) is 4.22. The van der Waals surface area contributed by atoms with Crippen LogP contribution in [0.5, 0.6) is 0 Å². The second kappa shape index (κ2) is 6.35. The van der Waals surface area contributed by atoms with Crippen LogP contribution in [0.3, 0.4) is 0 Å². The molecule has 1 fully saturated rings. The predicted octanol–water partition coefficient (Wildman–Crippen LogP) is 1.70. The first-order valence-electron chi connectivity index (χ1n) is 8.65. The number of hydrogen-bond acceptors (Lipinski definition) is 8. The number of thioether (sulfide) groups is 2. The van der Waals surface area contributed by atoms with E-state index < -0.39 is 0 Å². The van der Waals surface area contributed by atoms with Crippen LogP contribution in [0.1, 0.15) is 25.5 Å². The lowest BCUT2D eigenvalue weighted by molar-refractivity contribution is 0.395. The molecule has 4 heterocycles. The van der Waals surface area contributed by atoms with Crippen molar-refractivity contribution in [3.63, 3.8) is 0 Å². The van der Waals surface area contributed by atoms with Gasteiger partial charge in [0.2, 0.25) is 10.3 Å². The maximum Gasteiger partial charge on any atom is 0.210 e. The molecule has 2 aliphatic heterocycles. The van der Waals surface area contributed by atoms with Crippen molar-refractivity contribution in [3.05, 3.63) is 11.6 Å². The van der Waals surface area contributed by atoms with Gasteiger partial charge in [0.1, 0.15) is 0 Å². The van der Waals surface area contributed by atoms with E-state index in [1.165, 1.54) is 0 Å². The second-order valence-electron chi connectivity index (χ2n) is 6.54. The first kappa shape index (κ1) is 17.3. The van der Waals surface area contributed by atoms with Gasteiger partial charge < -0.3 is 10.9 Å². The van der Waals surface area contributed by atoms with Crippen molar-refractivity contribution in [1.29, 1.82) is 0 Å². The summed E-state index contributed by atoms with van der Waals surface area (Å²) in [6.07, 6.45) is 1.61. The van der Waals surface area contributed by atoms with E-state index in [2.05, 4.69) is 45.1 Å². The quantitative estimate of drug-likeness (QED) is 0.693. The lowest BCUT2D eigenvalue weighted by Gasteiger charge is -2.50. The van der Waals surface area contributed by atoms with Gasteiger partial charge >= 0.3 is 0 Å². The molecule has 0 amide bonds. The van der Waals surface area contributed by atoms with Gasteiger partial charge in [0.15, 0.2) is 11.6 Å². The van der Waals surface area contributed by atoms with Crippen molar-refractivity contribution >= 4 is 46.7 Å². The number of halogens is 2. The monoisotopic (exact) mass is 432 g/mol. The van der Waals surface area contributed by atoms with E-state index in [1.54, 1.807) is 23.5 Å². The van der Waals surface area contributed by atoms with Gasteiger partial charge in [-0.2, -0.15) is 0 Å². The van der Waals surface area contributed by atoms with Gasteiger partial charge in [0.25, 0.3) is 0 Å². The zero-order valence-corrected chi connectivity index (χ0v) is 17.3. The van der Waals surface area contributed by atoms with Crippen LogP contribution in [0.25, 0.3) is 0 Å². The highest BCUT2D eigenvalue weighted by molar-refractivity contribution is 8.00. The SMILES string of the molecule is CCc1nnc2n1NC1C(Cl)C3Sc4nnc(CC)n4NC3C(Cl)C1S2. The molecular formula is C14H18Cl2N8S2. The summed E-state index contributed by atoms with van der Waals surface area (Å²) in [5, 5.41) is 18.8. The topological polar surface area (TPSA) is 85.5 Å². The predicted molar refractivity (Wildman–Crippen MR) is 104 cm³/mol. The summed E-state index contributed by atoms with van der Waals surface area (Å²) < 4.78 is 3.92. The molecule has 0 radical (unpaired) electrons. The molecule has 0 bridgehead atoms. The summed E-state index contributed by atoms with van der Waals surface area (Å²) in [6.45, 7) is 4.13. The van der Waals surface area contributed by atoms with Crippen LogP contribution >= 0.6 is 46.7 Å². The maximum atomic E-state index is 6.96. The Hall–Kier alpha value is -0.840. The van der Waals surface area contributed by atoms with E-state index in [9.17, 15) is 0 Å². The highest BCUT2D eigenvalue weighted by Crippen LogP contribution is 2.47. The van der Waals surface area contributed by atoms with Crippen molar-refractivity contribution < 1.29 is 0 Å². The third-order valence-corrected chi connectivity index (χ3v) is 9.15. The van der Waals surface area contributed by atoms with E-state index in [4.69, 9.17) is 23.2 Å². The van der Waals surface area contributed by atoms with Crippen LogP contribution in [0, 0.1) is 0 Å². The number of nitrogens with one attached hydrogen (secondary N) is 2. The van der Waals surface area contributed by atoms with Crippen LogP contribution in [0.4, 0.5) is 0 Å². The van der Waals surface area contributed by atoms with Crippen molar-refractivity contribution in [2.45, 2.75) is 70.3 Å². The number of aryl methyl sites for hydroxylation is 2. The molecule has 140 valence electrons. The third-order valence-electron chi connectivity index (χ3n) is 5.09. The number of nitrogens with zero attached hydrogens (tertiary/aromatic N) is 6. The molecule has 5 rings (SSSR count). The lowest BCUT2D eigenvalue weighted by Crippen LogP contribution is -2.67. The van der Waals surface area contributed by atoms with Gasteiger partial charge in [-0.1, -0.05) is 37.4 Å². The summed E-state index contributed by atoms with van der Waals surface area (Å²) in [6, 6.07) is 0.0438. The molecule has 0 spiro atoms. The van der Waals surface area contributed by atoms with Gasteiger partial charge in [-0.25, -0.2) is 9.35 Å². The summed E-state index contributed by atoms with van der Waals surface area (Å²) in [5.41, 5.74) is 7.05. The molecule has 0 aromatic carbocycles. The molecule has 26 heavy (non-hydrogen) atoms. The highest BCUT2D eigenvalue weighted by atomic mass is 35.5. The van der Waals surface area contributed by atoms with E-state index in [0.29, 0.717) is 0 Å². The van der Waals surface area contributed by atoms with Crippen molar-refractivity contribution in [1.82, 2.24) is 29.7 Å². The Morgan fingerprint density at radius 3 is 1.62 bits per heavy atom. The standard InChI is InChI=1S/C14H18Cl2N8S2/c1-3-5-17-19-13-23(5)21-9-7(15)12-10(8(16)11(9)25-13)22-24-6(4-2)18-20-14(24)26-12/h7-12,21-22H,3-4H2,1-2H3. The van der Waals surface area contributed by atoms with Crippen LogP contribution in [0.2, 0.25) is 0 Å². The fourth-order valence-electron chi connectivity index (χ4n) is 3.75. The normalized spacial score (nSPS) is 34.8. The molecule has 0 saturated heterocycles. The lowest BCUT2D eigenvalue weighted by atomic mass is 9.89. The van der Waals surface area contributed by atoms with E-state index >= 15 is 0 Å². The Labute approximate surface area is 169 Å². The fourth-order valence-corrected chi connectivity index (χ4v) is 7.51. The van der Waals surface area contributed by atoms with Crippen LogP contribution in [0.15, 0.2) is 10.3 Å². The molecule has 6 atom stereocenters. The smallest absolute Gasteiger partial charge is 0.210 e. The van der Waals surface area contributed by atoms with Gasteiger partial charge in [-0.05, 0) is 0 Å². The van der Waals surface area contributed by atoms with Crippen LogP contribution < -0.4 is 10.9 Å². The molecule has 1 saturated carbocycles. The molecular weight excluding hydrogens is 415 g/mol. The fraction of sp³-hybridized carbons (Fsp3) is 0.714. The van der Waals surface area contributed by atoms with Crippen molar-refractivity contribution in [2.75, 3.05) is 10.9 Å². The summed E-state index contributed by atoms with van der Waals surface area (Å²) in [5.74, 6) is 1.81.